The summed E-state index contributed by atoms with van der Waals surface area (Å²) in [4.78, 5) is 16.0. The number of terminal acetylenes is 1. The van der Waals surface area contributed by atoms with E-state index in [4.69, 9.17) is 11.2 Å². The summed E-state index contributed by atoms with van der Waals surface area (Å²) in [5.41, 5.74) is -0.422. The summed E-state index contributed by atoms with van der Waals surface area (Å²) in [5.74, 6) is 2.40. The van der Waals surface area contributed by atoms with Crippen LogP contribution in [0, 0.1) is 18.3 Å². The number of sulfonamides is 1. The topological polar surface area (TPSA) is 135 Å². The van der Waals surface area contributed by atoms with Crippen molar-refractivity contribution in [1.29, 1.82) is 0 Å². The molecule has 12 nitrogen and oxygen atoms in total. The highest BCUT2D eigenvalue weighted by atomic mass is 32.2. The Balaban J connectivity index is 1.58. The van der Waals surface area contributed by atoms with E-state index in [-0.39, 0.29) is 40.8 Å². The minimum absolute atomic E-state index is 0.0305. The van der Waals surface area contributed by atoms with E-state index < -0.39 is 27.0 Å². The first-order chi connectivity index (χ1) is 18.0. The lowest BCUT2D eigenvalue weighted by atomic mass is 10.0. The van der Waals surface area contributed by atoms with Crippen LogP contribution in [0.25, 0.3) is 16.5 Å². The highest BCUT2D eigenvalue weighted by Gasteiger charge is 2.41. The molecule has 3 aromatic heterocycles. The third-order valence-electron chi connectivity index (χ3n) is 6.32. The van der Waals surface area contributed by atoms with Crippen LogP contribution in [0.2, 0.25) is 0 Å². The first kappa shape index (κ1) is 26.4. The molecular formula is C22H24F2N8O4S2. The summed E-state index contributed by atoms with van der Waals surface area (Å²) in [6, 6.07) is 1.46. The largest absolute Gasteiger partial charge is 0.375 e. The third kappa shape index (κ3) is 4.70. The minimum Gasteiger partial charge on any atom is -0.375 e. The van der Waals surface area contributed by atoms with Crippen LogP contribution in [0.5, 0.6) is 0 Å². The molecule has 1 N–H and O–H groups in total. The number of nitrogens with zero attached hydrogens (tertiary/aromatic N) is 7. The SMILES string of the molecule is C#CC1(NS(=O)(=O)c2cc(N3CCN(C(=O)C(C)C)CC3)c3nnc(-c4nnc(C(F)F)s4)n3c2)COC1. The van der Waals surface area contributed by atoms with Crippen LogP contribution in [0.4, 0.5) is 14.5 Å². The van der Waals surface area contributed by atoms with Gasteiger partial charge in [0.15, 0.2) is 21.5 Å². The molecule has 0 saturated carbocycles. The zero-order chi connectivity index (χ0) is 27.2. The number of nitrogens with one attached hydrogen (secondary N) is 1. The van der Waals surface area contributed by atoms with Gasteiger partial charge in [0.1, 0.15) is 10.4 Å². The van der Waals surface area contributed by atoms with Crippen molar-refractivity contribution in [3.63, 3.8) is 0 Å². The summed E-state index contributed by atoms with van der Waals surface area (Å²) in [5, 5.41) is 15.2. The predicted molar refractivity (Wildman–Crippen MR) is 133 cm³/mol. The molecule has 0 unspecified atom stereocenters. The molecule has 0 aliphatic carbocycles. The van der Waals surface area contributed by atoms with Crippen molar-refractivity contribution in [2.24, 2.45) is 5.92 Å². The maximum absolute atomic E-state index is 13.4. The fraction of sp³-hybridized carbons (Fsp3) is 0.500. The van der Waals surface area contributed by atoms with E-state index in [2.05, 4.69) is 31.0 Å². The van der Waals surface area contributed by atoms with E-state index in [0.717, 1.165) is 0 Å². The molecule has 0 bridgehead atoms. The lowest BCUT2D eigenvalue weighted by Crippen LogP contribution is -2.61. The molecule has 5 heterocycles. The summed E-state index contributed by atoms with van der Waals surface area (Å²) in [7, 11) is -4.16. The van der Waals surface area contributed by atoms with E-state index in [1.165, 1.54) is 16.7 Å². The minimum atomic E-state index is -4.16. The first-order valence-electron chi connectivity index (χ1n) is 11.7. The molecule has 38 heavy (non-hydrogen) atoms. The molecule has 0 atom stereocenters. The maximum Gasteiger partial charge on any atom is 0.291 e. The van der Waals surface area contributed by atoms with Crippen LogP contribution < -0.4 is 9.62 Å². The average Bonchev–Trinajstić information content (AvgIpc) is 3.53. The van der Waals surface area contributed by atoms with E-state index in [1.54, 1.807) is 4.90 Å². The number of anilines is 1. The molecule has 16 heteroatoms. The average molecular weight is 567 g/mol. The van der Waals surface area contributed by atoms with Crippen LogP contribution in [0.15, 0.2) is 17.2 Å². The van der Waals surface area contributed by atoms with Gasteiger partial charge >= 0.3 is 0 Å². The number of pyridine rings is 1. The first-order valence-corrected chi connectivity index (χ1v) is 14.0. The van der Waals surface area contributed by atoms with Crippen LogP contribution >= 0.6 is 11.3 Å². The summed E-state index contributed by atoms with van der Waals surface area (Å²) < 4.78 is 62.2. The van der Waals surface area contributed by atoms with Crippen molar-refractivity contribution in [2.45, 2.75) is 30.7 Å². The molecule has 3 aromatic rings. The molecule has 2 saturated heterocycles. The molecule has 0 spiro atoms. The van der Waals surface area contributed by atoms with Gasteiger partial charge in [0.25, 0.3) is 6.43 Å². The number of piperazine rings is 1. The van der Waals surface area contributed by atoms with Gasteiger partial charge in [-0.3, -0.25) is 9.20 Å². The summed E-state index contributed by atoms with van der Waals surface area (Å²) in [6.45, 7) is 5.44. The molecule has 2 aliphatic rings. The quantitative estimate of drug-likeness (QED) is 0.418. The standard InChI is InChI=1S/C22H24F2N8O4S2/c1-4-22(11-36-12-22)29-38(34,35)14-9-15(30-5-7-31(8-6-30)21(33)13(2)3)17-25-26-18(32(17)10-14)20-28-27-19(37-20)16(23)24/h1,9-10,13,16,29H,5-8,11-12H2,2-3H3. The Morgan fingerprint density at radius 1 is 1.18 bits per heavy atom. The van der Waals surface area contributed by atoms with Crippen molar-refractivity contribution >= 4 is 38.6 Å². The monoisotopic (exact) mass is 566 g/mol. The zero-order valence-corrected chi connectivity index (χ0v) is 22.1. The van der Waals surface area contributed by atoms with Gasteiger partial charge in [-0.1, -0.05) is 31.1 Å². The maximum atomic E-state index is 13.4. The molecular weight excluding hydrogens is 542 g/mol. The smallest absolute Gasteiger partial charge is 0.291 e. The normalized spacial score (nSPS) is 17.7. The molecule has 0 aromatic carbocycles. The molecule has 1 amide bonds. The summed E-state index contributed by atoms with van der Waals surface area (Å²) >= 11 is 0.639. The Hall–Kier alpha value is -3.26. The molecule has 0 radical (unpaired) electrons. The van der Waals surface area contributed by atoms with Gasteiger partial charge in [-0.05, 0) is 6.07 Å². The second-order valence-electron chi connectivity index (χ2n) is 9.32. The number of halogens is 2. The summed E-state index contributed by atoms with van der Waals surface area (Å²) in [6.07, 6.45) is 4.04. The number of hydrogen-bond donors (Lipinski definition) is 1. The van der Waals surface area contributed by atoms with Gasteiger partial charge in [-0.15, -0.1) is 26.8 Å². The van der Waals surface area contributed by atoms with Gasteiger partial charge in [-0.2, -0.15) is 4.72 Å². The lowest BCUT2D eigenvalue weighted by molar-refractivity contribution is -0.134. The number of amides is 1. The van der Waals surface area contributed by atoms with Crippen LogP contribution in [-0.2, 0) is 19.6 Å². The van der Waals surface area contributed by atoms with Crippen molar-refractivity contribution in [3.8, 4) is 23.2 Å². The van der Waals surface area contributed by atoms with Gasteiger partial charge in [0.05, 0.1) is 18.9 Å². The Morgan fingerprint density at radius 2 is 1.89 bits per heavy atom. The number of carbonyl (C=O) groups excluding carboxylic acids is 1. The predicted octanol–water partition coefficient (Wildman–Crippen LogP) is 1.17. The lowest BCUT2D eigenvalue weighted by Gasteiger charge is -2.37. The number of alkyl halides is 2. The number of carbonyl (C=O) groups is 1. The van der Waals surface area contributed by atoms with Crippen molar-refractivity contribution in [1.82, 2.24) is 34.4 Å². The Labute approximate surface area is 221 Å². The number of hydrogen-bond acceptors (Lipinski definition) is 10. The van der Waals surface area contributed by atoms with Gasteiger partial charge in [-0.25, -0.2) is 17.2 Å². The van der Waals surface area contributed by atoms with Crippen LogP contribution in [0.3, 0.4) is 0 Å². The molecule has 2 fully saturated rings. The van der Waals surface area contributed by atoms with Crippen LogP contribution in [-0.4, -0.2) is 89.0 Å². The fourth-order valence-corrected chi connectivity index (χ4v) is 6.22. The number of rotatable bonds is 7. The van der Waals surface area contributed by atoms with Gasteiger partial charge < -0.3 is 14.5 Å². The zero-order valence-electron chi connectivity index (χ0n) is 20.5. The number of aromatic nitrogens is 5. The Kier molecular flexibility index (Phi) is 6.80. The second kappa shape index (κ2) is 9.80. The van der Waals surface area contributed by atoms with Crippen molar-refractivity contribution < 1.29 is 26.7 Å². The molecule has 202 valence electrons. The Morgan fingerprint density at radius 3 is 2.45 bits per heavy atom. The number of ether oxygens (including phenoxy) is 1. The van der Waals surface area contributed by atoms with Crippen LogP contribution in [0.1, 0.15) is 25.3 Å². The van der Waals surface area contributed by atoms with Crippen molar-refractivity contribution in [3.05, 3.63) is 17.3 Å². The fourth-order valence-electron chi connectivity index (χ4n) is 4.22. The molecule has 5 rings (SSSR count). The third-order valence-corrected chi connectivity index (χ3v) is 8.75. The number of fused-ring (bicyclic) bond motifs is 1. The second-order valence-corrected chi connectivity index (χ2v) is 12.0. The Bertz CT molecular complexity index is 1520. The van der Waals surface area contributed by atoms with Gasteiger partial charge in [0, 0.05) is 38.3 Å². The van der Waals surface area contributed by atoms with E-state index in [9.17, 15) is 22.0 Å². The highest BCUT2D eigenvalue weighted by Crippen LogP contribution is 2.33. The van der Waals surface area contributed by atoms with Gasteiger partial charge in [0.2, 0.25) is 15.9 Å². The van der Waals surface area contributed by atoms with Crippen molar-refractivity contribution in [2.75, 3.05) is 44.3 Å². The van der Waals surface area contributed by atoms with E-state index >= 15 is 0 Å². The highest BCUT2D eigenvalue weighted by molar-refractivity contribution is 7.89. The molecule has 2 aliphatic heterocycles. The van der Waals surface area contributed by atoms with E-state index in [1.807, 2.05) is 18.7 Å². The van der Waals surface area contributed by atoms with E-state index in [0.29, 0.717) is 48.9 Å².